The molecular formula is C7H14N2O. The second-order valence-electron chi connectivity index (χ2n) is 3.29. The molecule has 0 aliphatic carbocycles. The number of carbonyl (C=O) groups excluding carboxylic acids is 1. The lowest BCUT2D eigenvalue weighted by molar-refractivity contribution is -0.125. The van der Waals surface area contributed by atoms with E-state index in [0.717, 1.165) is 13.0 Å². The highest BCUT2D eigenvalue weighted by molar-refractivity contribution is 5.77. The predicted octanol–water partition coefficient (Wildman–Crippen LogP) is -0.139. The third-order valence-corrected chi connectivity index (χ3v) is 2.13. The first-order valence-electron chi connectivity index (χ1n) is 3.63. The number of nitrogens with two attached hydrogens (primary N) is 1. The highest BCUT2D eigenvalue weighted by Crippen LogP contribution is 2.26. The van der Waals surface area contributed by atoms with E-state index in [9.17, 15) is 4.79 Å². The lowest BCUT2D eigenvalue weighted by Crippen LogP contribution is -2.42. The second kappa shape index (κ2) is 2.58. The van der Waals surface area contributed by atoms with Gasteiger partial charge in [0.15, 0.2) is 0 Å². The van der Waals surface area contributed by atoms with Gasteiger partial charge in [-0.15, -0.1) is 0 Å². The molecule has 0 aromatic heterocycles. The Bertz CT molecular complexity index is 147. The normalized spacial score (nSPS) is 33.6. The van der Waals surface area contributed by atoms with Crippen LogP contribution in [0.1, 0.15) is 19.8 Å². The van der Waals surface area contributed by atoms with Crippen LogP contribution in [-0.4, -0.2) is 19.0 Å². The van der Waals surface area contributed by atoms with Gasteiger partial charge in [0, 0.05) is 13.0 Å². The number of amides is 1. The Morgan fingerprint density at radius 2 is 2.50 bits per heavy atom. The third kappa shape index (κ3) is 1.48. The summed E-state index contributed by atoms with van der Waals surface area (Å²) in [4.78, 5) is 10.9. The van der Waals surface area contributed by atoms with E-state index in [0.29, 0.717) is 13.0 Å². The van der Waals surface area contributed by atoms with Gasteiger partial charge in [-0.3, -0.25) is 4.79 Å². The maximum absolute atomic E-state index is 10.9. The summed E-state index contributed by atoms with van der Waals surface area (Å²) >= 11 is 0. The molecule has 0 bridgehead atoms. The molecule has 1 rings (SSSR count). The Labute approximate surface area is 61.0 Å². The summed E-state index contributed by atoms with van der Waals surface area (Å²) in [6.07, 6.45) is 1.60. The zero-order chi connectivity index (χ0) is 7.61. The van der Waals surface area contributed by atoms with Crippen LogP contribution >= 0.6 is 0 Å². The second-order valence-corrected chi connectivity index (χ2v) is 3.29. The van der Waals surface area contributed by atoms with Crippen molar-refractivity contribution in [2.24, 2.45) is 11.1 Å². The highest BCUT2D eigenvalue weighted by atomic mass is 16.1. The molecule has 1 saturated heterocycles. The molecule has 1 amide bonds. The molecule has 0 spiro atoms. The summed E-state index contributed by atoms with van der Waals surface area (Å²) in [5.74, 6) is 0.138. The summed E-state index contributed by atoms with van der Waals surface area (Å²) in [6.45, 7) is 3.46. The van der Waals surface area contributed by atoms with Gasteiger partial charge in [0.05, 0.1) is 0 Å². The molecule has 0 aromatic rings. The summed E-state index contributed by atoms with van der Waals surface area (Å²) in [5.41, 5.74) is 5.58. The standard InChI is InChI=1S/C7H14N2O/c1-7(5-8)2-3-9-6(10)4-7/h2-5,8H2,1H3,(H,9,10). The van der Waals surface area contributed by atoms with E-state index in [1.165, 1.54) is 0 Å². The first kappa shape index (κ1) is 7.54. The summed E-state index contributed by atoms with van der Waals surface area (Å²) in [7, 11) is 0. The molecule has 0 aromatic carbocycles. The van der Waals surface area contributed by atoms with Crippen LogP contribution in [0.2, 0.25) is 0 Å². The molecule has 0 radical (unpaired) electrons. The van der Waals surface area contributed by atoms with Crippen molar-refractivity contribution in [2.45, 2.75) is 19.8 Å². The van der Waals surface area contributed by atoms with Crippen LogP contribution in [0.4, 0.5) is 0 Å². The fraction of sp³-hybridized carbons (Fsp3) is 0.857. The number of nitrogens with one attached hydrogen (secondary N) is 1. The number of rotatable bonds is 1. The minimum absolute atomic E-state index is 0.0579. The molecule has 1 heterocycles. The molecule has 3 heteroatoms. The van der Waals surface area contributed by atoms with E-state index < -0.39 is 0 Å². The molecule has 1 aliphatic rings. The Morgan fingerprint density at radius 1 is 1.80 bits per heavy atom. The number of hydrogen-bond donors (Lipinski definition) is 2. The maximum atomic E-state index is 10.9. The average molecular weight is 142 g/mol. The first-order valence-corrected chi connectivity index (χ1v) is 3.63. The van der Waals surface area contributed by atoms with Gasteiger partial charge in [0.25, 0.3) is 0 Å². The molecule has 1 unspecified atom stereocenters. The van der Waals surface area contributed by atoms with Gasteiger partial charge in [-0.25, -0.2) is 0 Å². The van der Waals surface area contributed by atoms with Crippen molar-refractivity contribution in [3.05, 3.63) is 0 Å². The van der Waals surface area contributed by atoms with Gasteiger partial charge in [-0.2, -0.15) is 0 Å². The fourth-order valence-corrected chi connectivity index (χ4v) is 1.22. The molecule has 1 fully saturated rings. The maximum Gasteiger partial charge on any atom is 0.220 e. The minimum atomic E-state index is 0.0579. The van der Waals surface area contributed by atoms with Crippen molar-refractivity contribution in [2.75, 3.05) is 13.1 Å². The Hall–Kier alpha value is -0.570. The van der Waals surface area contributed by atoms with Crippen molar-refractivity contribution in [3.8, 4) is 0 Å². The number of piperidine rings is 1. The van der Waals surface area contributed by atoms with Crippen LogP contribution in [-0.2, 0) is 4.79 Å². The van der Waals surface area contributed by atoms with Gasteiger partial charge in [0.1, 0.15) is 0 Å². The van der Waals surface area contributed by atoms with E-state index in [1.54, 1.807) is 0 Å². The van der Waals surface area contributed by atoms with Gasteiger partial charge in [-0.05, 0) is 18.4 Å². The fourth-order valence-electron chi connectivity index (χ4n) is 1.22. The largest absolute Gasteiger partial charge is 0.356 e. The topological polar surface area (TPSA) is 55.1 Å². The van der Waals surface area contributed by atoms with Crippen LogP contribution in [0.3, 0.4) is 0 Å². The van der Waals surface area contributed by atoms with E-state index in [1.807, 2.05) is 0 Å². The zero-order valence-corrected chi connectivity index (χ0v) is 6.31. The molecule has 0 saturated carbocycles. The summed E-state index contributed by atoms with van der Waals surface area (Å²) in [6, 6.07) is 0. The predicted molar refractivity (Wildman–Crippen MR) is 39.4 cm³/mol. The van der Waals surface area contributed by atoms with E-state index in [4.69, 9.17) is 5.73 Å². The van der Waals surface area contributed by atoms with Crippen LogP contribution < -0.4 is 11.1 Å². The molecule has 58 valence electrons. The van der Waals surface area contributed by atoms with Crippen LogP contribution in [0.5, 0.6) is 0 Å². The van der Waals surface area contributed by atoms with E-state index in [2.05, 4.69) is 12.2 Å². The molecule has 3 N–H and O–H groups in total. The summed E-state index contributed by atoms with van der Waals surface area (Å²) in [5, 5.41) is 2.78. The SMILES string of the molecule is CC1(CN)CCNC(=O)C1. The monoisotopic (exact) mass is 142 g/mol. The van der Waals surface area contributed by atoms with Crippen LogP contribution in [0.25, 0.3) is 0 Å². The van der Waals surface area contributed by atoms with Crippen molar-refractivity contribution in [1.82, 2.24) is 5.32 Å². The van der Waals surface area contributed by atoms with Gasteiger partial charge in [-0.1, -0.05) is 6.92 Å². The van der Waals surface area contributed by atoms with Crippen molar-refractivity contribution < 1.29 is 4.79 Å². The van der Waals surface area contributed by atoms with E-state index in [-0.39, 0.29) is 11.3 Å². The lowest BCUT2D eigenvalue weighted by atomic mass is 9.81. The lowest BCUT2D eigenvalue weighted by Gasteiger charge is -2.31. The zero-order valence-electron chi connectivity index (χ0n) is 6.31. The average Bonchev–Trinajstić information content (AvgIpc) is 1.88. The molecular weight excluding hydrogens is 128 g/mol. The number of carbonyl (C=O) groups is 1. The number of hydrogen-bond acceptors (Lipinski definition) is 2. The van der Waals surface area contributed by atoms with Gasteiger partial charge < -0.3 is 11.1 Å². The summed E-state index contributed by atoms with van der Waals surface area (Å²) < 4.78 is 0. The third-order valence-electron chi connectivity index (χ3n) is 2.13. The molecule has 10 heavy (non-hydrogen) atoms. The van der Waals surface area contributed by atoms with Gasteiger partial charge in [0.2, 0.25) is 5.91 Å². The van der Waals surface area contributed by atoms with Crippen LogP contribution in [0, 0.1) is 5.41 Å². The Balaban J connectivity index is 2.53. The quantitative estimate of drug-likeness (QED) is 0.535. The Morgan fingerprint density at radius 3 is 2.90 bits per heavy atom. The molecule has 1 aliphatic heterocycles. The van der Waals surface area contributed by atoms with Gasteiger partial charge >= 0.3 is 0 Å². The first-order chi connectivity index (χ1) is 4.66. The molecule has 3 nitrogen and oxygen atoms in total. The van der Waals surface area contributed by atoms with Crippen molar-refractivity contribution >= 4 is 5.91 Å². The van der Waals surface area contributed by atoms with Crippen LogP contribution in [0.15, 0.2) is 0 Å². The Kier molecular flexibility index (Phi) is 1.94. The van der Waals surface area contributed by atoms with E-state index >= 15 is 0 Å². The molecule has 1 atom stereocenters. The van der Waals surface area contributed by atoms with Crippen molar-refractivity contribution in [1.29, 1.82) is 0 Å². The highest BCUT2D eigenvalue weighted by Gasteiger charge is 2.29. The van der Waals surface area contributed by atoms with Crippen molar-refractivity contribution in [3.63, 3.8) is 0 Å². The minimum Gasteiger partial charge on any atom is -0.356 e. The smallest absolute Gasteiger partial charge is 0.220 e.